The van der Waals surface area contributed by atoms with Crippen molar-refractivity contribution in [1.29, 1.82) is 0 Å². The number of hydrogen-bond donors (Lipinski definition) is 0. The van der Waals surface area contributed by atoms with Crippen LogP contribution in [0.2, 0.25) is 0 Å². The Labute approximate surface area is 85.1 Å². The molecule has 0 spiro atoms. The molecule has 0 saturated carbocycles. The van der Waals surface area contributed by atoms with Crippen molar-refractivity contribution in [2.45, 2.75) is 66.2 Å². The Morgan fingerprint density at radius 2 is 1.69 bits per heavy atom. The van der Waals surface area contributed by atoms with E-state index in [2.05, 4.69) is 34.6 Å². The van der Waals surface area contributed by atoms with E-state index in [9.17, 15) is 0 Å². The topological polar surface area (TPSA) is 0 Å². The Morgan fingerprint density at radius 1 is 1.08 bits per heavy atom. The third kappa shape index (κ3) is 6.12. The fraction of sp³-hybridized carbons (Fsp3) is 0.923. The van der Waals surface area contributed by atoms with E-state index in [1.165, 1.54) is 38.5 Å². The van der Waals surface area contributed by atoms with Gasteiger partial charge < -0.3 is 0 Å². The van der Waals surface area contributed by atoms with Gasteiger partial charge in [-0.25, -0.2) is 0 Å². The van der Waals surface area contributed by atoms with Gasteiger partial charge in [-0.1, -0.05) is 47.0 Å². The molecule has 0 aromatic rings. The Kier molecular flexibility index (Phi) is 6.45. The molecule has 0 nitrogen and oxygen atoms in total. The van der Waals surface area contributed by atoms with Crippen LogP contribution < -0.4 is 0 Å². The van der Waals surface area contributed by atoms with Crippen molar-refractivity contribution in [3.05, 3.63) is 6.92 Å². The molecule has 1 radical (unpaired) electrons. The molecule has 0 aliphatic heterocycles. The summed E-state index contributed by atoms with van der Waals surface area (Å²) >= 11 is 0. The van der Waals surface area contributed by atoms with Crippen LogP contribution in [0.5, 0.6) is 0 Å². The highest BCUT2D eigenvalue weighted by molar-refractivity contribution is 4.82. The van der Waals surface area contributed by atoms with Gasteiger partial charge in [-0.05, 0) is 37.5 Å². The minimum atomic E-state index is 0.374. The molecule has 0 fully saturated rings. The normalized spacial score (nSPS) is 16.2. The molecule has 0 heterocycles. The van der Waals surface area contributed by atoms with Gasteiger partial charge in [0.15, 0.2) is 0 Å². The predicted molar refractivity (Wildman–Crippen MR) is 61.7 cm³/mol. The SMILES string of the molecule is [CH2]C(CCC)(CCCC)CC(C)C. The van der Waals surface area contributed by atoms with E-state index < -0.39 is 0 Å². The van der Waals surface area contributed by atoms with Crippen LogP contribution in [0.3, 0.4) is 0 Å². The smallest absolute Gasteiger partial charge is 0.0295 e. The van der Waals surface area contributed by atoms with Crippen molar-refractivity contribution in [2.24, 2.45) is 11.3 Å². The standard InChI is InChI=1S/C13H27/c1-6-8-10-13(5,9-7-2)11-12(3)4/h12H,5-11H2,1-4H3. The maximum Gasteiger partial charge on any atom is -0.0295 e. The first-order valence-electron chi connectivity index (χ1n) is 5.89. The molecule has 0 heteroatoms. The van der Waals surface area contributed by atoms with E-state index in [4.69, 9.17) is 0 Å². The van der Waals surface area contributed by atoms with Crippen LogP contribution in [-0.4, -0.2) is 0 Å². The van der Waals surface area contributed by atoms with Gasteiger partial charge in [-0.15, -0.1) is 0 Å². The van der Waals surface area contributed by atoms with Crippen molar-refractivity contribution < 1.29 is 0 Å². The summed E-state index contributed by atoms with van der Waals surface area (Å²) in [6, 6.07) is 0. The zero-order chi connectivity index (χ0) is 10.3. The second-order valence-corrected chi connectivity index (χ2v) is 4.95. The lowest BCUT2D eigenvalue weighted by Gasteiger charge is -2.31. The van der Waals surface area contributed by atoms with E-state index in [1.54, 1.807) is 0 Å². The van der Waals surface area contributed by atoms with Gasteiger partial charge >= 0.3 is 0 Å². The summed E-state index contributed by atoms with van der Waals surface area (Å²) in [5, 5.41) is 0. The molecule has 0 N–H and O–H groups in total. The molecule has 0 bridgehead atoms. The maximum absolute atomic E-state index is 4.44. The quantitative estimate of drug-likeness (QED) is 0.529. The highest BCUT2D eigenvalue weighted by Crippen LogP contribution is 2.35. The Hall–Kier alpha value is 0. The van der Waals surface area contributed by atoms with Crippen LogP contribution in [-0.2, 0) is 0 Å². The zero-order valence-corrected chi connectivity index (χ0v) is 10.0. The lowest BCUT2D eigenvalue weighted by molar-refractivity contribution is 0.246. The molecule has 0 aliphatic rings. The van der Waals surface area contributed by atoms with Crippen LogP contribution in [0.15, 0.2) is 0 Å². The molecule has 0 aliphatic carbocycles. The second-order valence-electron chi connectivity index (χ2n) is 4.95. The van der Waals surface area contributed by atoms with Gasteiger partial charge in [-0.3, -0.25) is 0 Å². The average Bonchev–Trinajstić information content (AvgIpc) is 2.00. The third-order valence-corrected chi connectivity index (χ3v) is 2.68. The summed E-state index contributed by atoms with van der Waals surface area (Å²) in [5.41, 5.74) is 0.374. The lowest BCUT2D eigenvalue weighted by atomic mass is 9.75. The molecule has 13 heavy (non-hydrogen) atoms. The van der Waals surface area contributed by atoms with Crippen LogP contribution in [0.25, 0.3) is 0 Å². The average molecular weight is 183 g/mol. The van der Waals surface area contributed by atoms with Crippen molar-refractivity contribution >= 4 is 0 Å². The van der Waals surface area contributed by atoms with E-state index in [-0.39, 0.29) is 0 Å². The molecule has 0 rings (SSSR count). The molecular formula is C13H27. The van der Waals surface area contributed by atoms with Gasteiger partial charge in [-0.2, -0.15) is 0 Å². The molecular weight excluding hydrogens is 156 g/mol. The molecule has 0 amide bonds. The number of unbranched alkanes of at least 4 members (excludes halogenated alkanes) is 1. The minimum absolute atomic E-state index is 0.374. The molecule has 1 unspecified atom stereocenters. The first-order valence-corrected chi connectivity index (χ1v) is 5.89. The van der Waals surface area contributed by atoms with Crippen LogP contribution in [0, 0.1) is 18.3 Å². The van der Waals surface area contributed by atoms with Gasteiger partial charge in [0.05, 0.1) is 0 Å². The van der Waals surface area contributed by atoms with E-state index in [0.29, 0.717) is 5.41 Å². The highest BCUT2D eigenvalue weighted by Gasteiger charge is 2.23. The summed E-state index contributed by atoms with van der Waals surface area (Å²) in [7, 11) is 0. The zero-order valence-electron chi connectivity index (χ0n) is 10.0. The monoisotopic (exact) mass is 183 g/mol. The Bertz CT molecular complexity index is 115. The summed E-state index contributed by atoms with van der Waals surface area (Å²) in [6.07, 6.45) is 7.83. The van der Waals surface area contributed by atoms with Gasteiger partial charge in [0, 0.05) is 0 Å². The fourth-order valence-corrected chi connectivity index (χ4v) is 2.28. The Morgan fingerprint density at radius 3 is 2.08 bits per heavy atom. The van der Waals surface area contributed by atoms with Gasteiger partial charge in [0.2, 0.25) is 0 Å². The third-order valence-electron chi connectivity index (χ3n) is 2.68. The van der Waals surface area contributed by atoms with Crippen molar-refractivity contribution in [1.82, 2.24) is 0 Å². The summed E-state index contributed by atoms with van der Waals surface area (Å²) in [5.74, 6) is 0.793. The number of hydrogen-bond acceptors (Lipinski definition) is 0. The summed E-state index contributed by atoms with van der Waals surface area (Å²) in [4.78, 5) is 0. The maximum atomic E-state index is 4.44. The van der Waals surface area contributed by atoms with E-state index in [0.717, 1.165) is 5.92 Å². The van der Waals surface area contributed by atoms with Crippen LogP contribution in [0.4, 0.5) is 0 Å². The molecule has 1 atom stereocenters. The summed E-state index contributed by atoms with van der Waals surface area (Å²) in [6.45, 7) is 13.6. The van der Waals surface area contributed by atoms with E-state index >= 15 is 0 Å². The van der Waals surface area contributed by atoms with Crippen molar-refractivity contribution in [3.63, 3.8) is 0 Å². The van der Waals surface area contributed by atoms with E-state index in [1.807, 2.05) is 0 Å². The fourth-order valence-electron chi connectivity index (χ4n) is 2.28. The van der Waals surface area contributed by atoms with Gasteiger partial charge in [0.25, 0.3) is 0 Å². The van der Waals surface area contributed by atoms with Crippen molar-refractivity contribution in [3.8, 4) is 0 Å². The largest absolute Gasteiger partial charge is 0.0654 e. The first kappa shape index (κ1) is 13.0. The number of rotatable bonds is 7. The molecule has 0 aromatic heterocycles. The molecule has 0 aromatic carbocycles. The minimum Gasteiger partial charge on any atom is -0.0654 e. The summed E-state index contributed by atoms with van der Waals surface area (Å²) < 4.78 is 0. The second kappa shape index (κ2) is 6.45. The van der Waals surface area contributed by atoms with Crippen LogP contribution >= 0.6 is 0 Å². The van der Waals surface area contributed by atoms with Gasteiger partial charge in [0.1, 0.15) is 0 Å². The Balaban J connectivity index is 3.99. The molecule has 79 valence electrons. The lowest BCUT2D eigenvalue weighted by Crippen LogP contribution is -2.19. The highest BCUT2D eigenvalue weighted by atomic mass is 14.3. The molecule has 0 saturated heterocycles. The predicted octanol–water partition coefficient (Wildman–Crippen LogP) is 4.84. The van der Waals surface area contributed by atoms with Crippen molar-refractivity contribution in [2.75, 3.05) is 0 Å². The van der Waals surface area contributed by atoms with Crippen LogP contribution in [0.1, 0.15) is 66.2 Å². The first-order chi connectivity index (χ1) is 6.04.